The molecule has 3 N–H and O–H groups in total. The number of hydrogen-bond acceptors (Lipinski definition) is 9. The van der Waals surface area contributed by atoms with Crippen LogP contribution < -0.4 is 0 Å². The highest BCUT2D eigenvalue weighted by molar-refractivity contribution is 8.32. The monoisotopic (exact) mass is 981 g/mol. The zero-order valence-electron chi connectivity index (χ0n) is 43.2. The maximum Gasteiger partial charge on any atom is 0.213 e. The van der Waals surface area contributed by atoms with Gasteiger partial charge in [-0.15, -0.1) is 0 Å². The SMILES string of the molecule is CCCCCCCC/C=C\CCCCCCCC(=O)SC(O)(CO)C(O)(SC(=O)CCCCCCC/C=C\CCCCCCCC)SC(=O)CCCCCCC/C=C\CCCCCCCC. The molecule has 1 unspecified atom stereocenters. The van der Waals surface area contributed by atoms with E-state index in [0.717, 1.165) is 116 Å². The normalized spacial score (nSPS) is 13.2. The van der Waals surface area contributed by atoms with Crippen molar-refractivity contribution < 1.29 is 29.7 Å². The molecule has 6 nitrogen and oxygen atoms in total. The van der Waals surface area contributed by atoms with E-state index in [0.29, 0.717) is 54.5 Å². The number of thioether (sulfide) groups is 3. The lowest BCUT2D eigenvalue weighted by Crippen LogP contribution is -2.52. The summed E-state index contributed by atoms with van der Waals surface area (Å²) in [5.41, 5.74) is 0. The summed E-state index contributed by atoms with van der Waals surface area (Å²) in [6.45, 7) is 5.78. The van der Waals surface area contributed by atoms with E-state index in [9.17, 15) is 29.7 Å². The average Bonchev–Trinajstić information content (AvgIpc) is 3.30. The molecule has 9 heteroatoms. The van der Waals surface area contributed by atoms with E-state index >= 15 is 0 Å². The molecule has 0 aromatic heterocycles. The summed E-state index contributed by atoms with van der Waals surface area (Å²) >= 11 is 1.48. The molecule has 0 amide bonds. The highest BCUT2D eigenvalue weighted by Crippen LogP contribution is 2.51. The highest BCUT2D eigenvalue weighted by atomic mass is 32.2. The minimum absolute atomic E-state index is 0.183. The number of aliphatic hydroxyl groups excluding tert-OH is 1. The van der Waals surface area contributed by atoms with Crippen molar-refractivity contribution in [2.24, 2.45) is 0 Å². The first kappa shape index (κ1) is 65.2. The van der Waals surface area contributed by atoms with Gasteiger partial charge in [-0.05, 0) is 132 Å². The van der Waals surface area contributed by atoms with Gasteiger partial charge in [0.25, 0.3) is 0 Å². The van der Waals surface area contributed by atoms with Crippen molar-refractivity contribution >= 4 is 50.6 Å². The van der Waals surface area contributed by atoms with Crippen molar-refractivity contribution in [3.63, 3.8) is 0 Å². The Bertz CT molecular complexity index is 1150. The molecule has 386 valence electrons. The molecule has 1 atom stereocenters. The highest BCUT2D eigenvalue weighted by Gasteiger charge is 2.55. The van der Waals surface area contributed by atoms with Crippen LogP contribution in [0.1, 0.15) is 290 Å². The van der Waals surface area contributed by atoms with Gasteiger partial charge in [0.15, 0.2) is 20.3 Å². The van der Waals surface area contributed by atoms with E-state index < -0.39 is 15.8 Å². The number of carbonyl (C=O) groups excluding carboxylic acids is 3. The quantitative estimate of drug-likeness (QED) is 0.0312. The van der Waals surface area contributed by atoms with Crippen molar-refractivity contribution in [1.29, 1.82) is 0 Å². The van der Waals surface area contributed by atoms with Crippen LogP contribution in [0.5, 0.6) is 0 Å². The molecule has 0 aromatic rings. The van der Waals surface area contributed by atoms with Crippen LogP contribution in [-0.2, 0) is 14.4 Å². The second kappa shape index (κ2) is 49.2. The van der Waals surface area contributed by atoms with Crippen LogP contribution in [0.2, 0.25) is 0 Å². The van der Waals surface area contributed by atoms with Gasteiger partial charge in [-0.1, -0.05) is 211 Å². The fourth-order valence-corrected chi connectivity index (χ4v) is 11.6. The summed E-state index contributed by atoms with van der Waals surface area (Å²) in [7, 11) is 0. The van der Waals surface area contributed by atoms with Crippen molar-refractivity contribution in [3.05, 3.63) is 36.5 Å². The second-order valence-corrected chi connectivity index (χ2v) is 23.0. The lowest BCUT2D eigenvalue weighted by Gasteiger charge is -2.38. The van der Waals surface area contributed by atoms with Gasteiger partial charge in [0.05, 0.1) is 6.61 Å². The van der Waals surface area contributed by atoms with Gasteiger partial charge in [0.2, 0.25) is 4.27 Å². The standard InChI is InChI=1S/C57H104O6S3/c1-4-7-10-13-16-19-22-25-28-31-34-37-40-43-46-49-53(59)64-56(62,52-58)57(63,65-54(60)50-47-44-41-38-35-32-29-26-23-20-17-14-11-8-5-2)66-55(61)51-48-45-42-39-36-33-30-27-24-21-18-15-12-9-6-3/h25-30,58,62-63H,4-24,31-52H2,1-3H3/b28-25-,29-26-,30-27-. The zero-order chi connectivity index (χ0) is 48.5. The topological polar surface area (TPSA) is 112 Å². The third kappa shape index (κ3) is 41.0. The van der Waals surface area contributed by atoms with Crippen LogP contribution in [0.15, 0.2) is 36.5 Å². The molecule has 66 heavy (non-hydrogen) atoms. The largest absolute Gasteiger partial charge is 0.392 e. The van der Waals surface area contributed by atoms with Crippen molar-refractivity contribution in [3.8, 4) is 0 Å². The molecule has 0 saturated heterocycles. The van der Waals surface area contributed by atoms with Gasteiger partial charge in [-0.25, -0.2) is 0 Å². The van der Waals surface area contributed by atoms with E-state index in [-0.39, 0.29) is 34.6 Å². The first-order chi connectivity index (χ1) is 32.2. The van der Waals surface area contributed by atoms with Crippen LogP contribution >= 0.6 is 35.3 Å². The fourth-order valence-electron chi connectivity index (χ4n) is 8.05. The van der Waals surface area contributed by atoms with E-state index in [1.54, 1.807) is 0 Å². The van der Waals surface area contributed by atoms with E-state index in [1.807, 2.05) is 0 Å². The Hall–Kier alpha value is -0.840. The number of rotatable bonds is 50. The Morgan fingerprint density at radius 1 is 0.333 bits per heavy atom. The van der Waals surface area contributed by atoms with E-state index in [4.69, 9.17) is 0 Å². The van der Waals surface area contributed by atoms with Gasteiger partial charge < -0.3 is 15.3 Å². The summed E-state index contributed by atoms with van der Waals surface area (Å²) < 4.78 is -2.40. The number of aliphatic hydroxyl groups is 3. The predicted octanol–water partition coefficient (Wildman–Crippen LogP) is 18.2. The summed E-state index contributed by atoms with van der Waals surface area (Å²) in [6.07, 6.45) is 59.1. The number of unbranched alkanes of at least 4 members (excludes halogenated alkanes) is 33. The number of carbonyl (C=O) groups is 3. The third-order valence-corrected chi connectivity index (χ3v) is 16.5. The van der Waals surface area contributed by atoms with E-state index in [2.05, 4.69) is 57.2 Å². The summed E-state index contributed by atoms with van der Waals surface area (Å²) in [5.74, 6) is 0. The Kier molecular flexibility index (Phi) is 48.5. The smallest absolute Gasteiger partial charge is 0.213 e. The minimum Gasteiger partial charge on any atom is -0.392 e. The van der Waals surface area contributed by atoms with Gasteiger partial charge in [-0.2, -0.15) is 0 Å². The predicted molar refractivity (Wildman–Crippen MR) is 293 cm³/mol. The van der Waals surface area contributed by atoms with Gasteiger partial charge in [0, 0.05) is 19.3 Å². The lowest BCUT2D eigenvalue weighted by atomic mass is 10.1. The molecule has 0 aromatic carbocycles. The van der Waals surface area contributed by atoms with E-state index in [1.165, 1.54) is 116 Å². The molecule has 0 spiro atoms. The molecular weight excluding hydrogens is 877 g/mol. The molecule has 0 saturated carbocycles. The second-order valence-electron chi connectivity index (χ2n) is 18.9. The van der Waals surface area contributed by atoms with Crippen LogP contribution in [0.3, 0.4) is 0 Å². The Morgan fingerprint density at radius 2 is 0.545 bits per heavy atom. The maximum absolute atomic E-state index is 13.3. The molecule has 0 aliphatic heterocycles. The summed E-state index contributed by atoms with van der Waals surface area (Å²) in [4.78, 5) is 37.4. The van der Waals surface area contributed by atoms with Crippen LogP contribution in [0.25, 0.3) is 0 Å². The first-order valence-electron chi connectivity index (χ1n) is 27.8. The molecular formula is C57H104O6S3. The molecule has 0 heterocycles. The number of hydrogen-bond donors (Lipinski definition) is 3. The molecule has 0 aliphatic carbocycles. The zero-order valence-corrected chi connectivity index (χ0v) is 45.6. The summed E-state index contributed by atoms with van der Waals surface area (Å²) in [6, 6.07) is 0. The first-order valence-corrected chi connectivity index (χ1v) is 30.3. The number of allylic oxidation sites excluding steroid dienone is 6. The van der Waals surface area contributed by atoms with Crippen LogP contribution in [0, 0.1) is 0 Å². The van der Waals surface area contributed by atoms with Crippen LogP contribution in [0.4, 0.5) is 0 Å². The molecule has 0 bridgehead atoms. The van der Waals surface area contributed by atoms with Crippen molar-refractivity contribution in [2.45, 2.75) is 300 Å². The Labute approximate surface area is 420 Å². The maximum atomic E-state index is 13.3. The van der Waals surface area contributed by atoms with Crippen LogP contribution in [-0.4, -0.2) is 46.5 Å². The van der Waals surface area contributed by atoms with Gasteiger partial charge in [0.1, 0.15) is 0 Å². The Morgan fingerprint density at radius 3 is 0.788 bits per heavy atom. The average molecular weight is 982 g/mol. The molecule has 0 rings (SSSR count). The fraction of sp³-hybridized carbons (Fsp3) is 0.842. The molecule has 0 fully saturated rings. The Balaban J connectivity index is 4.91. The minimum atomic E-state index is -2.42. The summed E-state index contributed by atoms with van der Waals surface area (Å²) in [5, 5.41) is 33.1. The molecule has 0 radical (unpaired) electrons. The van der Waals surface area contributed by atoms with Gasteiger partial charge >= 0.3 is 0 Å². The molecule has 0 aliphatic rings. The van der Waals surface area contributed by atoms with Crippen molar-refractivity contribution in [1.82, 2.24) is 0 Å². The van der Waals surface area contributed by atoms with Gasteiger partial charge in [-0.3, -0.25) is 14.4 Å². The third-order valence-electron chi connectivity index (χ3n) is 12.4. The lowest BCUT2D eigenvalue weighted by molar-refractivity contribution is -0.113. The van der Waals surface area contributed by atoms with Crippen molar-refractivity contribution in [2.75, 3.05) is 6.61 Å².